The van der Waals surface area contributed by atoms with Crippen LogP contribution in [0, 0.1) is 0 Å². The number of hydrogen-bond acceptors (Lipinski definition) is 3. The van der Waals surface area contributed by atoms with Gasteiger partial charge in [-0.1, -0.05) is 32.1 Å². The van der Waals surface area contributed by atoms with Gasteiger partial charge in [-0.25, -0.2) is 0 Å². The predicted molar refractivity (Wildman–Crippen MR) is 80.1 cm³/mol. The molecule has 0 spiro atoms. The van der Waals surface area contributed by atoms with E-state index >= 15 is 0 Å². The van der Waals surface area contributed by atoms with Gasteiger partial charge in [0.2, 0.25) is 0 Å². The summed E-state index contributed by atoms with van der Waals surface area (Å²) in [6.45, 7) is 2.37. The zero-order valence-electron chi connectivity index (χ0n) is 12.7. The summed E-state index contributed by atoms with van der Waals surface area (Å²) in [6.07, 6.45) is 6.90. The Labute approximate surface area is 127 Å². The molecule has 2 fully saturated rings. The van der Waals surface area contributed by atoms with E-state index in [4.69, 9.17) is 0 Å². The second-order valence-corrected chi connectivity index (χ2v) is 7.99. The number of aliphatic carboxylic acids is 1. The molecule has 1 saturated carbocycles. The van der Waals surface area contributed by atoms with Gasteiger partial charge in [0.1, 0.15) is 5.54 Å². The average molecular weight is 318 g/mol. The summed E-state index contributed by atoms with van der Waals surface area (Å²) in [7, 11) is -3.75. The maximum absolute atomic E-state index is 12.6. The summed E-state index contributed by atoms with van der Waals surface area (Å²) < 4.78 is 29.3. The number of carboxylic acid groups (broad SMARTS) is 1. The van der Waals surface area contributed by atoms with Crippen LogP contribution in [-0.2, 0) is 15.0 Å². The molecule has 2 N–H and O–H groups in total. The second kappa shape index (κ2) is 6.62. The first-order valence-corrected chi connectivity index (χ1v) is 9.35. The van der Waals surface area contributed by atoms with Crippen molar-refractivity contribution in [1.82, 2.24) is 9.03 Å². The van der Waals surface area contributed by atoms with Crippen molar-refractivity contribution < 1.29 is 18.3 Å². The van der Waals surface area contributed by atoms with Gasteiger partial charge in [-0.05, 0) is 32.6 Å². The van der Waals surface area contributed by atoms with E-state index in [1.54, 1.807) is 0 Å². The average Bonchev–Trinajstić information content (AvgIpc) is 2.65. The van der Waals surface area contributed by atoms with E-state index in [-0.39, 0.29) is 6.04 Å². The summed E-state index contributed by atoms with van der Waals surface area (Å²) in [6, 6.07) is -0.0622. The molecule has 2 aliphatic rings. The lowest BCUT2D eigenvalue weighted by Gasteiger charge is -2.36. The Balaban J connectivity index is 2.20. The highest BCUT2D eigenvalue weighted by Crippen LogP contribution is 2.30. The van der Waals surface area contributed by atoms with Gasteiger partial charge in [0.15, 0.2) is 0 Å². The van der Waals surface area contributed by atoms with Crippen LogP contribution in [0.4, 0.5) is 0 Å². The molecule has 0 radical (unpaired) electrons. The van der Waals surface area contributed by atoms with Gasteiger partial charge in [-0.15, -0.1) is 0 Å². The Morgan fingerprint density at radius 1 is 1.14 bits per heavy atom. The van der Waals surface area contributed by atoms with E-state index in [0.29, 0.717) is 19.4 Å². The molecule has 122 valence electrons. The van der Waals surface area contributed by atoms with E-state index < -0.39 is 21.7 Å². The lowest BCUT2D eigenvalue weighted by atomic mass is 9.92. The van der Waals surface area contributed by atoms with Gasteiger partial charge >= 0.3 is 5.97 Å². The molecule has 6 nitrogen and oxygen atoms in total. The van der Waals surface area contributed by atoms with Crippen LogP contribution in [0.3, 0.4) is 0 Å². The van der Waals surface area contributed by atoms with Crippen molar-refractivity contribution >= 4 is 16.2 Å². The van der Waals surface area contributed by atoms with Crippen LogP contribution in [0.15, 0.2) is 0 Å². The molecule has 0 aromatic rings. The van der Waals surface area contributed by atoms with Crippen molar-refractivity contribution in [2.24, 2.45) is 0 Å². The Morgan fingerprint density at radius 2 is 1.76 bits per heavy atom. The Hall–Kier alpha value is -0.660. The Kier molecular flexibility index (Phi) is 5.27. The number of nitrogens with one attached hydrogen (secondary N) is 1. The van der Waals surface area contributed by atoms with Gasteiger partial charge in [0.25, 0.3) is 10.2 Å². The topological polar surface area (TPSA) is 86.7 Å². The summed E-state index contributed by atoms with van der Waals surface area (Å²) >= 11 is 0. The lowest BCUT2D eigenvalue weighted by Crippen LogP contribution is -2.59. The van der Waals surface area contributed by atoms with E-state index in [9.17, 15) is 18.3 Å². The van der Waals surface area contributed by atoms with Crippen molar-refractivity contribution in [2.75, 3.05) is 6.54 Å². The largest absolute Gasteiger partial charge is 0.480 e. The number of piperidine rings is 1. The van der Waals surface area contributed by atoms with Crippen molar-refractivity contribution in [3.05, 3.63) is 0 Å². The van der Waals surface area contributed by atoms with E-state index in [2.05, 4.69) is 4.72 Å². The minimum atomic E-state index is -3.75. The molecule has 0 amide bonds. The molecule has 1 aliphatic carbocycles. The molecule has 2 rings (SSSR count). The van der Waals surface area contributed by atoms with Crippen LogP contribution in [0.5, 0.6) is 0 Å². The van der Waals surface area contributed by atoms with Crippen LogP contribution in [0.25, 0.3) is 0 Å². The highest BCUT2D eigenvalue weighted by Gasteiger charge is 2.44. The lowest BCUT2D eigenvalue weighted by molar-refractivity contribution is -0.144. The zero-order chi connectivity index (χ0) is 15.5. The van der Waals surface area contributed by atoms with Crippen molar-refractivity contribution in [1.29, 1.82) is 0 Å². The number of carboxylic acids is 1. The Bertz CT molecular complexity index is 469. The third kappa shape index (κ3) is 3.76. The monoisotopic (exact) mass is 318 g/mol. The first kappa shape index (κ1) is 16.7. The predicted octanol–water partition coefficient (Wildman–Crippen LogP) is 1.87. The number of rotatable bonds is 4. The van der Waals surface area contributed by atoms with Crippen molar-refractivity contribution in [3.8, 4) is 0 Å². The van der Waals surface area contributed by atoms with Gasteiger partial charge < -0.3 is 5.11 Å². The minimum absolute atomic E-state index is 0.0622. The van der Waals surface area contributed by atoms with Crippen LogP contribution in [-0.4, -0.2) is 41.9 Å². The third-order valence-electron chi connectivity index (χ3n) is 4.74. The second-order valence-electron chi connectivity index (χ2n) is 6.36. The number of hydrogen-bond donors (Lipinski definition) is 2. The van der Waals surface area contributed by atoms with Gasteiger partial charge in [0, 0.05) is 12.6 Å². The smallest absolute Gasteiger partial charge is 0.324 e. The first-order chi connectivity index (χ1) is 9.87. The van der Waals surface area contributed by atoms with Crippen molar-refractivity contribution in [2.45, 2.75) is 76.3 Å². The summed E-state index contributed by atoms with van der Waals surface area (Å²) in [5, 5.41) is 9.60. The van der Waals surface area contributed by atoms with Crippen LogP contribution in [0.1, 0.15) is 64.7 Å². The highest BCUT2D eigenvalue weighted by atomic mass is 32.2. The van der Waals surface area contributed by atoms with Gasteiger partial charge in [-0.3, -0.25) is 4.79 Å². The fraction of sp³-hybridized carbons (Fsp3) is 0.929. The van der Waals surface area contributed by atoms with E-state index in [1.165, 1.54) is 4.31 Å². The van der Waals surface area contributed by atoms with Crippen molar-refractivity contribution in [3.63, 3.8) is 0 Å². The molecule has 1 aliphatic heterocycles. The van der Waals surface area contributed by atoms with Crippen LogP contribution < -0.4 is 4.72 Å². The maximum atomic E-state index is 12.6. The van der Waals surface area contributed by atoms with Crippen LogP contribution >= 0.6 is 0 Å². The molecule has 0 aromatic heterocycles. The molecule has 7 heteroatoms. The third-order valence-corrected chi connectivity index (χ3v) is 6.55. The minimum Gasteiger partial charge on any atom is -0.480 e. The summed E-state index contributed by atoms with van der Waals surface area (Å²) in [5.74, 6) is -1.04. The van der Waals surface area contributed by atoms with Gasteiger partial charge in [-0.2, -0.15) is 17.4 Å². The molecule has 1 unspecified atom stereocenters. The molecule has 1 heterocycles. The highest BCUT2D eigenvalue weighted by molar-refractivity contribution is 7.87. The maximum Gasteiger partial charge on any atom is 0.324 e. The summed E-state index contributed by atoms with van der Waals surface area (Å²) in [5.41, 5.74) is -1.33. The molecular weight excluding hydrogens is 292 g/mol. The molecule has 0 bridgehead atoms. The first-order valence-electron chi connectivity index (χ1n) is 7.91. The molecule has 21 heavy (non-hydrogen) atoms. The van der Waals surface area contributed by atoms with Gasteiger partial charge in [0.05, 0.1) is 0 Å². The number of nitrogens with zero attached hydrogens (tertiary/aromatic N) is 1. The fourth-order valence-corrected chi connectivity index (χ4v) is 5.28. The molecule has 1 saturated heterocycles. The molecular formula is C14H26N2O4S. The SMILES string of the molecule is CC1CCCCN1S(=O)(=O)NC1(C(=O)O)CCCCCC1. The van der Waals surface area contributed by atoms with E-state index in [1.807, 2.05) is 6.92 Å². The van der Waals surface area contributed by atoms with E-state index in [0.717, 1.165) is 44.9 Å². The standard InChI is InChI=1S/C14H26N2O4S/c1-12-8-4-7-11-16(12)21(19,20)15-14(13(17)18)9-5-2-3-6-10-14/h12,15H,2-11H2,1H3,(H,17,18). The zero-order valence-corrected chi connectivity index (χ0v) is 13.5. The fourth-order valence-electron chi connectivity index (χ4n) is 3.43. The quantitative estimate of drug-likeness (QED) is 0.775. The Morgan fingerprint density at radius 3 is 2.29 bits per heavy atom. The molecule has 0 aromatic carbocycles. The summed E-state index contributed by atoms with van der Waals surface area (Å²) in [4.78, 5) is 11.7. The molecule has 1 atom stereocenters. The number of carbonyl (C=O) groups is 1. The normalized spacial score (nSPS) is 28.0. The van der Waals surface area contributed by atoms with Crippen LogP contribution in [0.2, 0.25) is 0 Å².